The van der Waals surface area contributed by atoms with Crippen LogP contribution in [0.3, 0.4) is 0 Å². The van der Waals surface area contributed by atoms with E-state index in [4.69, 9.17) is 5.26 Å². The molecular formula is C15H12F2N4O2S. The zero-order chi connectivity index (χ0) is 17.5. The number of nitrogens with one attached hydrogen (secondary N) is 1. The number of benzene rings is 1. The van der Waals surface area contributed by atoms with Gasteiger partial charge in [-0.15, -0.1) is 10.2 Å². The molecule has 1 aromatic carbocycles. The van der Waals surface area contributed by atoms with E-state index in [9.17, 15) is 13.6 Å². The van der Waals surface area contributed by atoms with E-state index >= 15 is 0 Å². The maximum absolute atomic E-state index is 12.1. The summed E-state index contributed by atoms with van der Waals surface area (Å²) in [7, 11) is 0. The fourth-order valence-electron chi connectivity index (χ4n) is 1.67. The van der Waals surface area contributed by atoms with Crippen LogP contribution in [0.15, 0.2) is 29.8 Å². The molecule has 1 heterocycles. The molecule has 0 aliphatic heterocycles. The zero-order valence-electron chi connectivity index (χ0n) is 12.5. The molecule has 0 unspecified atom stereocenters. The Balaban J connectivity index is 2.10. The third-order valence-corrected chi connectivity index (χ3v) is 3.75. The summed E-state index contributed by atoms with van der Waals surface area (Å²) in [5.41, 5.74) is 0.348. The maximum atomic E-state index is 12.1. The van der Waals surface area contributed by atoms with Crippen molar-refractivity contribution in [2.24, 2.45) is 0 Å². The molecule has 1 N–H and O–H groups in total. The van der Waals surface area contributed by atoms with Gasteiger partial charge in [0.1, 0.15) is 22.4 Å². The number of carbonyl (C=O) groups is 1. The van der Waals surface area contributed by atoms with E-state index in [0.717, 1.165) is 5.01 Å². The Hall–Kier alpha value is -2.86. The van der Waals surface area contributed by atoms with E-state index in [1.54, 1.807) is 6.07 Å². The van der Waals surface area contributed by atoms with Gasteiger partial charge in [0.15, 0.2) is 0 Å². The molecule has 6 nitrogen and oxygen atoms in total. The van der Waals surface area contributed by atoms with Gasteiger partial charge in [0.25, 0.3) is 5.91 Å². The van der Waals surface area contributed by atoms with Crippen LogP contribution in [0.2, 0.25) is 0 Å². The van der Waals surface area contributed by atoms with Crippen molar-refractivity contribution >= 4 is 28.5 Å². The second kappa shape index (κ2) is 8.12. The van der Waals surface area contributed by atoms with Crippen molar-refractivity contribution in [1.29, 1.82) is 5.26 Å². The first-order valence-corrected chi connectivity index (χ1v) is 7.64. The van der Waals surface area contributed by atoms with Crippen LogP contribution < -0.4 is 10.1 Å². The van der Waals surface area contributed by atoms with Crippen LogP contribution >= 0.6 is 11.3 Å². The standard InChI is InChI=1S/C15H12F2N4O2S/c1-2-12-20-21-15(24-12)19-13(22)10(8-18)7-9-3-5-11(6-4-9)23-14(16)17/h3-7,14H,2H2,1H3,(H,19,21,22)/b10-7-. The number of amides is 1. The highest BCUT2D eigenvalue weighted by Crippen LogP contribution is 2.19. The predicted octanol–water partition coefficient (Wildman–Crippen LogP) is 3.25. The minimum absolute atomic E-state index is 0.00827. The van der Waals surface area contributed by atoms with Gasteiger partial charge in [-0.1, -0.05) is 30.4 Å². The zero-order valence-corrected chi connectivity index (χ0v) is 13.3. The van der Waals surface area contributed by atoms with Crippen molar-refractivity contribution in [3.8, 4) is 11.8 Å². The Labute approximate surface area is 140 Å². The molecule has 0 spiro atoms. The Bertz CT molecular complexity index is 782. The first-order chi connectivity index (χ1) is 11.5. The highest BCUT2D eigenvalue weighted by molar-refractivity contribution is 7.15. The molecule has 0 saturated heterocycles. The fraction of sp³-hybridized carbons (Fsp3) is 0.200. The van der Waals surface area contributed by atoms with E-state index in [1.807, 2.05) is 6.92 Å². The number of carbonyl (C=O) groups excluding carboxylic acids is 1. The number of hydrogen-bond donors (Lipinski definition) is 1. The monoisotopic (exact) mass is 350 g/mol. The SMILES string of the molecule is CCc1nnc(NC(=O)/C(C#N)=C\c2ccc(OC(F)F)cc2)s1. The molecule has 2 rings (SSSR count). The largest absolute Gasteiger partial charge is 0.435 e. The number of nitriles is 1. The molecule has 0 saturated carbocycles. The van der Waals surface area contributed by atoms with Crippen LogP contribution in [-0.2, 0) is 11.2 Å². The van der Waals surface area contributed by atoms with Crippen LogP contribution in [-0.4, -0.2) is 22.7 Å². The van der Waals surface area contributed by atoms with Gasteiger partial charge in [-0.2, -0.15) is 14.0 Å². The average Bonchev–Trinajstić information content (AvgIpc) is 3.01. The van der Waals surface area contributed by atoms with Gasteiger partial charge >= 0.3 is 6.61 Å². The Morgan fingerprint density at radius 2 is 2.12 bits per heavy atom. The molecule has 0 radical (unpaired) electrons. The van der Waals surface area contributed by atoms with Crippen LogP contribution in [0.25, 0.3) is 6.08 Å². The van der Waals surface area contributed by atoms with Crippen molar-refractivity contribution in [2.75, 3.05) is 5.32 Å². The third kappa shape index (κ3) is 4.82. The van der Waals surface area contributed by atoms with Crippen LogP contribution in [0.5, 0.6) is 5.75 Å². The third-order valence-electron chi connectivity index (χ3n) is 2.77. The maximum Gasteiger partial charge on any atom is 0.387 e. The van der Waals surface area contributed by atoms with E-state index in [0.29, 0.717) is 17.1 Å². The van der Waals surface area contributed by atoms with Gasteiger partial charge in [0, 0.05) is 0 Å². The van der Waals surface area contributed by atoms with Crippen molar-refractivity contribution < 1.29 is 18.3 Å². The number of alkyl halides is 2. The second-order valence-corrected chi connectivity index (χ2v) is 5.49. The molecular weight excluding hydrogens is 338 g/mol. The lowest BCUT2D eigenvalue weighted by Gasteiger charge is -2.04. The second-order valence-electron chi connectivity index (χ2n) is 4.43. The van der Waals surface area contributed by atoms with Gasteiger partial charge in [-0.3, -0.25) is 10.1 Å². The molecule has 0 bridgehead atoms. The number of nitrogens with zero attached hydrogens (tertiary/aromatic N) is 3. The van der Waals surface area contributed by atoms with Gasteiger partial charge < -0.3 is 4.74 Å². The molecule has 24 heavy (non-hydrogen) atoms. The number of aromatic nitrogens is 2. The molecule has 1 aromatic heterocycles. The lowest BCUT2D eigenvalue weighted by molar-refractivity contribution is -0.112. The normalized spacial score (nSPS) is 11.2. The van der Waals surface area contributed by atoms with Gasteiger partial charge in [0.2, 0.25) is 5.13 Å². The average molecular weight is 350 g/mol. The summed E-state index contributed by atoms with van der Waals surface area (Å²) in [6.45, 7) is -1.000. The lowest BCUT2D eigenvalue weighted by Crippen LogP contribution is -2.13. The van der Waals surface area contributed by atoms with E-state index in [-0.39, 0.29) is 11.3 Å². The molecule has 124 valence electrons. The molecule has 1 amide bonds. The predicted molar refractivity (Wildman–Crippen MR) is 84.6 cm³/mol. The summed E-state index contributed by atoms with van der Waals surface area (Å²) in [5.74, 6) is -0.629. The molecule has 9 heteroatoms. The van der Waals surface area contributed by atoms with Crippen molar-refractivity contribution in [1.82, 2.24) is 10.2 Å². The molecule has 0 fully saturated rings. The molecule has 0 aliphatic rings. The first kappa shape index (κ1) is 17.5. The minimum atomic E-state index is -2.91. The number of hydrogen-bond acceptors (Lipinski definition) is 6. The number of halogens is 2. The topological polar surface area (TPSA) is 87.9 Å². The molecule has 0 aliphatic carbocycles. The summed E-state index contributed by atoms with van der Waals surface area (Å²) in [4.78, 5) is 12.1. The van der Waals surface area contributed by atoms with Crippen LogP contribution in [0, 0.1) is 11.3 Å². The van der Waals surface area contributed by atoms with E-state index in [1.165, 1.54) is 41.7 Å². The van der Waals surface area contributed by atoms with Gasteiger partial charge in [0.05, 0.1) is 0 Å². The quantitative estimate of drug-likeness (QED) is 0.638. The Morgan fingerprint density at radius 1 is 1.42 bits per heavy atom. The van der Waals surface area contributed by atoms with E-state index < -0.39 is 12.5 Å². The summed E-state index contributed by atoms with van der Waals surface area (Å²) < 4.78 is 28.4. The van der Waals surface area contributed by atoms with Crippen molar-refractivity contribution in [3.63, 3.8) is 0 Å². The van der Waals surface area contributed by atoms with Crippen LogP contribution in [0.4, 0.5) is 13.9 Å². The highest BCUT2D eigenvalue weighted by atomic mass is 32.1. The number of anilines is 1. The van der Waals surface area contributed by atoms with Crippen LogP contribution in [0.1, 0.15) is 17.5 Å². The summed E-state index contributed by atoms with van der Waals surface area (Å²) >= 11 is 1.22. The highest BCUT2D eigenvalue weighted by Gasteiger charge is 2.12. The Morgan fingerprint density at radius 3 is 2.67 bits per heavy atom. The number of ether oxygens (including phenoxy) is 1. The van der Waals surface area contributed by atoms with Gasteiger partial charge in [-0.25, -0.2) is 0 Å². The summed E-state index contributed by atoms with van der Waals surface area (Å²) in [6.07, 6.45) is 2.03. The first-order valence-electron chi connectivity index (χ1n) is 6.82. The molecule has 2 aromatic rings. The van der Waals surface area contributed by atoms with E-state index in [2.05, 4.69) is 20.3 Å². The summed E-state index contributed by atoms with van der Waals surface area (Å²) in [6, 6.07) is 7.36. The van der Waals surface area contributed by atoms with Crippen molar-refractivity contribution in [3.05, 3.63) is 40.4 Å². The number of aryl methyl sites for hydroxylation is 1. The number of rotatable bonds is 6. The van der Waals surface area contributed by atoms with Gasteiger partial charge in [-0.05, 0) is 30.2 Å². The van der Waals surface area contributed by atoms with Crippen molar-refractivity contribution in [2.45, 2.75) is 20.0 Å². The molecule has 0 atom stereocenters. The Kier molecular flexibility index (Phi) is 5.92. The fourth-order valence-corrected chi connectivity index (χ4v) is 2.35. The minimum Gasteiger partial charge on any atom is -0.435 e. The smallest absolute Gasteiger partial charge is 0.387 e. The summed E-state index contributed by atoms with van der Waals surface area (Å²) in [5, 5.41) is 20.4. The lowest BCUT2D eigenvalue weighted by atomic mass is 10.1.